The van der Waals surface area contributed by atoms with Gasteiger partial charge in [0, 0.05) is 26.0 Å². The largest absolute Gasteiger partial charge is 0.327 e. The van der Waals surface area contributed by atoms with Crippen LogP contribution in [0.5, 0.6) is 0 Å². The molecule has 2 amide bonds. The lowest BCUT2D eigenvalue weighted by Crippen LogP contribution is -2.33. The monoisotopic (exact) mass is 309 g/mol. The molecule has 0 aliphatic heterocycles. The maximum Gasteiger partial charge on any atom is 0.321 e. The number of anilines is 1. The van der Waals surface area contributed by atoms with E-state index in [2.05, 4.69) is 10.3 Å². The van der Waals surface area contributed by atoms with Crippen molar-refractivity contribution in [1.29, 1.82) is 0 Å². The minimum absolute atomic E-state index is 0.376. The molecule has 0 unspecified atom stereocenters. The van der Waals surface area contributed by atoms with Gasteiger partial charge in [-0.05, 0) is 36.2 Å². The summed E-state index contributed by atoms with van der Waals surface area (Å²) in [5.74, 6) is -4.34. The van der Waals surface area contributed by atoms with Crippen LogP contribution in [0, 0.1) is 17.5 Å². The Hall–Kier alpha value is -2.57. The Bertz CT molecular complexity index is 665. The van der Waals surface area contributed by atoms with Crippen LogP contribution in [-0.2, 0) is 6.42 Å². The Kier molecular flexibility index (Phi) is 4.98. The number of carbonyl (C=O) groups excluding carboxylic acids is 1. The van der Waals surface area contributed by atoms with Crippen molar-refractivity contribution >= 4 is 11.7 Å². The third-order valence-corrected chi connectivity index (χ3v) is 3.11. The maximum atomic E-state index is 13.5. The highest BCUT2D eigenvalue weighted by Gasteiger charge is 2.16. The van der Waals surface area contributed by atoms with E-state index in [9.17, 15) is 18.0 Å². The number of carbonyl (C=O) groups is 1. The fraction of sp³-hybridized carbons (Fsp3) is 0.200. The van der Waals surface area contributed by atoms with Gasteiger partial charge in [-0.3, -0.25) is 4.98 Å². The van der Waals surface area contributed by atoms with Gasteiger partial charge in [-0.25, -0.2) is 18.0 Å². The van der Waals surface area contributed by atoms with Crippen molar-refractivity contribution in [3.8, 4) is 0 Å². The quantitative estimate of drug-likeness (QED) is 0.882. The minimum atomic E-state index is -1.61. The van der Waals surface area contributed by atoms with Crippen molar-refractivity contribution < 1.29 is 18.0 Å². The number of nitrogens with zero attached hydrogens (tertiary/aromatic N) is 2. The molecule has 0 bridgehead atoms. The van der Waals surface area contributed by atoms with Crippen molar-refractivity contribution in [3.63, 3.8) is 0 Å². The van der Waals surface area contributed by atoms with E-state index in [1.807, 2.05) is 12.1 Å². The lowest BCUT2D eigenvalue weighted by Gasteiger charge is -2.18. The van der Waals surface area contributed by atoms with Gasteiger partial charge >= 0.3 is 6.03 Å². The Balaban J connectivity index is 1.96. The SMILES string of the molecule is CN(CCc1ccncc1)C(=O)Nc1ccc(F)c(F)c1F. The molecule has 116 valence electrons. The van der Waals surface area contributed by atoms with Gasteiger partial charge in [-0.1, -0.05) is 0 Å². The van der Waals surface area contributed by atoms with Crippen LogP contribution in [-0.4, -0.2) is 29.5 Å². The number of amides is 2. The number of rotatable bonds is 4. The number of halogens is 3. The molecule has 0 atom stereocenters. The number of benzene rings is 1. The van der Waals surface area contributed by atoms with Gasteiger partial charge in [0.2, 0.25) is 0 Å². The van der Waals surface area contributed by atoms with Crippen LogP contribution in [0.1, 0.15) is 5.56 Å². The average Bonchev–Trinajstić information content (AvgIpc) is 2.54. The molecule has 0 spiro atoms. The Morgan fingerprint density at radius 2 is 1.82 bits per heavy atom. The molecule has 1 aromatic carbocycles. The third kappa shape index (κ3) is 3.75. The van der Waals surface area contributed by atoms with Crippen LogP contribution in [0.3, 0.4) is 0 Å². The predicted octanol–water partition coefficient (Wildman–Crippen LogP) is 3.21. The first-order valence-electron chi connectivity index (χ1n) is 6.53. The van der Waals surface area contributed by atoms with E-state index in [4.69, 9.17) is 0 Å². The van der Waals surface area contributed by atoms with Gasteiger partial charge in [0.15, 0.2) is 17.5 Å². The Morgan fingerprint density at radius 3 is 2.50 bits per heavy atom. The van der Waals surface area contributed by atoms with Crippen LogP contribution >= 0.6 is 0 Å². The van der Waals surface area contributed by atoms with Crippen LogP contribution < -0.4 is 5.32 Å². The molecule has 1 aromatic heterocycles. The molecule has 22 heavy (non-hydrogen) atoms. The molecule has 7 heteroatoms. The summed E-state index contributed by atoms with van der Waals surface area (Å²) < 4.78 is 39.4. The zero-order valence-corrected chi connectivity index (χ0v) is 11.8. The smallest absolute Gasteiger partial charge is 0.321 e. The number of hydrogen-bond acceptors (Lipinski definition) is 2. The van der Waals surface area contributed by atoms with E-state index >= 15 is 0 Å². The first-order valence-corrected chi connectivity index (χ1v) is 6.53. The molecule has 4 nitrogen and oxygen atoms in total. The lowest BCUT2D eigenvalue weighted by atomic mass is 10.2. The Labute approximate surface area is 125 Å². The lowest BCUT2D eigenvalue weighted by molar-refractivity contribution is 0.223. The summed E-state index contributed by atoms with van der Waals surface area (Å²) in [5.41, 5.74) is 0.591. The van der Waals surface area contributed by atoms with Crippen LogP contribution in [0.25, 0.3) is 0 Å². The summed E-state index contributed by atoms with van der Waals surface area (Å²) >= 11 is 0. The summed E-state index contributed by atoms with van der Waals surface area (Å²) in [6.07, 6.45) is 3.88. The minimum Gasteiger partial charge on any atom is -0.327 e. The standard InChI is InChI=1S/C15H14F3N3O/c1-21(9-6-10-4-7-19-8-5-10)15(22)20-12-3-2-11(16)13(17)14(12)18/h2-5,7-8H,6,9H2,1H3,(H,20,22). The van der Waals surface area contributed by atoms with E-state index < -0.39 is 29.2 Å². The van der Waals surface area contributed by atoms with Crippen molar-refractivity contribution in [2.75, 3.05) is 18.9 Å². The van der Waals surface area contributed by atoms with Gasteiger partial charge in [0.1, 0.15) is 0 Å². The number of nitrogens with one attached hydrogen (secondary N) is 1. The average molecular weight is 309 g/mol. The fourth-order valence-corrected chi connectivity index (χ4v) is 1.78. The number of pyridine rings is 1. The van der Waals surface area contributed by atoms with Crippen molar-refractivity contribution in [3.05, 3.63) is 59.7 Å². The second-order valence-electron chi connectivity index (χ2n) is 4.68. The molecule has 1 heterocycles. The first-order chi connectivity index (χ1) is 10.5. The van der Waals surface area contributed by atoms with Gasteiger partial charge in [-0.2, -0.15) is 0 Å². The highest BCUT2D eigenvalue weighted by molar-refractivity contribution is 5.89. The third-order valence-electron chi connectivity index (χ3n) is 3.11. The zero-order chi connectivity index (χ0) is 16.1. The number of hydrogen-bond donors (Lipinski definition) is 1. The van der Waals surface area contributed by atoms with Crippen LogP contribution in [0.2, 0.25) is 0 Å². The van der Waals surface area contributed by atoms with Gasteiger partial charge in [0.25, 0.3) is 0 Å². The highest BCUT2D eigenvalue weighted by Crippen LogP contribution is 2.19. The van der Waals surface area contributed by atoms with Crippen LogP contribution in [0.15, 0.2) is 36.7 Å². The molecule has 2 aromatic rings. The van der Waals surface area contributed by atoms with Crippen LogP contribution in [0.4, 0.5) is 23.7 Å². The number of aromatic nitrogens is 1. The molecule has 0 fully saturated rings. The molecule has 0 radical (unpaired) electrons. The fourth-order valence-electron chi connectivity index (χ4n) is 1.78. The van der Waals surface area contributed by atoms with Gasteiger partial charge in [-0.15, -0.1) is 0 Å². The van der Waals surface area contributed by atoms with E-state index in [0.717, 1.165) is 17.7 Å². The summed E-state index contributed by atoms with van der Waals surface area (Å²) in [5, 5.41) is 2.21. The first kappa shape index (κ1) is 15.8. The molecular formula is C15H14F3N3O. The zero-order valence-electron chi connectivity index (χ0n) is 11.8. The van der Waals surface area contributed by atoms with Gasteiger partial charge in [0.05, 0.1) is 5.69 Å². The van der Waals surface area contributed by atoms with Crippen molar-refractivity contribution in [1.82, 2.24) is 9.88 Å². The normalized spacial score (nSPS) is 10.4. The van der Waals surface area contributed by atoms with Crippen molar-refractivity contribution in [2.45, 2.75) is 6.42 Å². The predicted molar refractivity (Wildman–Crippen MR) is 75.9 cm³/mol. The summed E-state index contributed by atoms with van der Waals surface area (Å²) in [4.78, 5) is 17.1. The maximum absolute atomic E-state index is 13.5. The summed E-state index contributed by atoms with van der Waals surface area (Å²) in [6.45, 7) is 0.376. The van der Waals surface area contributed by atoms with Gasteiger partial charge < -0.3 is 10.2 Å². The second-order valence-corrected chi connectivity index (χ2v) is 4.68. The Morgan fingerprint density at radius 1 is 1.14 bits per heavy atom. The van der Waals surface area contributed by atoms with E-state index in [-0.39, 0.29) is 0 Å². The molecule has 0 aliphatic carbocycles. The molecule has 0 aliphatic rings. The summed E-state index contributed by atoms with van der Waals surface area (Å²) in [7, 11) is 1.52. The van der Waals surface area contributed by atoms with E-state index in [1.54, 1.807) is 12.4 Å². The number of urea groups is 1. The van der Waals surface area contributed by atoms with E-state index in [0.29, 0.717) is 13.0 Å². The molecule has 1 N–H and O–H groups in total. The molecular weight excluding hydrogens is 295 g/mol. The highest BCUT2D eigenvalue weighted by atomic mass is 19.2. The molecule has 0 saturated heterocycles. The second kappa shape index (κ2) is 6.93. The molecule has 2 rings (SSSR count). The number of likely N-dealkylation sites (N-methyl/N-ethyl adjacent to an activating group) is 1. The summed E-state index contributed by atoms with van der Waals surface area (Å²) in [6, 6.07) is 4.76. The van der Waals surface area contributed by atoms with E-state index in [1.165, 1.54) is 11.9 Å². The molecule has 0 saturated carbocycles. The van der Waals surface area contributed by atoms with Crippen molar-refractivity contribution in [2.24, 2.45) is 0 Å². The topological polar surface area (TPSA) is 45.2 Å².